The van der Waals surface area contributed by atoms with E-state index in [0.717, 1.165) is 6.42 Å². The molecule has 0 amide bonds. The predicted octanol–water partition coefficient (Wildman–Crippen LogP) is 2.05. The molecule has 3 atom stereocenters. The Bertz CT molecular complexity index is 97.1. The van der Waals surface area contributed by atoms with E-state index in [0.29, 0.717) is 12.1 Å². The largest absolute Gasteiger partial charge is 0.279 e. The standard InChI is InChI=1S/C7H14ClN/c1-4-7(8)9-5(2)6(9)3/h5-7H,4H2,1-3H3. The smallest absolute Gasteiger partial charge is 0.0853 e. The molecule has 0 saturated carbocycles. The Labute approximate surface area is 62.0 Å². The molecule has 9 heavy (non-hydrogen) atoms. The minimum atomic E-state index is 0.273. The van der Waals surface area contributed by atoms with Crippen LogP contribution in [0.2, 0.25) is 0 Å². The van der Waals surface area contributed by atoms with Gasteiger partial charge in [-0.1, -0.05) is 6.92 Å². The Balaban J connectivity index is 2.31. The van der Waals surface area contributed by atoms with Gasteiger partial charge in [-0.15, -0.1) is 11.6 Å². The molecule has 1 nitrogen and oxygen atoms in total. The summed E-state index contributed by atoms with van der Waals surface area (Å²) in [4.78, 5) is 2.32. The second-order valence-corrected chi connectivity index (χ2v) is 3.27. The summed E-state index contributed by atoms with van der Waals surface area (Å²) in [6, 6.07) is 1.43. The summed E-state index contributed by atoms with van der Waals surface area (Å²) in [5.41, 5.74) is 0.273. The van der Waals surface area contributed by atoms with Crippen molar-refractivity contribution in [2.45, 2.75) is 44.8 Å². The van der Waals surface area contributed by atoms with Gasteiger partial charge in [0.25, 0.3) is 0 Å². The minimum Gasteiger partial charge on any atom is -0.279 e. The average Bonchev–Trinajstić information content (AvgIpc) is 2.40. The zero-order chi connectivity index (χ0) is 7.02. The first kappa shape index (κ1) is 7.36. The number of hydrogen-bond donors (Lipinski definition) is 0. The van der Waals surface area contributed by atoms with Crippen LogP contribution < -0.4 is 0 Å². The molecule has 0 N–H and O–H groups in total. The number of hydrogen-bond acceptors (Lipinski definition) is 1. The van der Waals surface area contributed by atoms with Gasteiger partial charge in [0.1, 0.15) is 0 Å². The van der Waals surface area contributed by atoms with Crippen LogP contribution in [0.5, 0.6) is 0 Å². The normalized spacial score (nSPS) is 44.7. The molecule has 2 heteroatoms. The third-order valence-corrected chi connectivity index (χ3v) is 2.74. The van der Waals surface area contributed by atoms with Crippen molar-refractivity contribution in [3.8, 4) is 0 Å². The Morgan fingerprint density at radius 1 is 1.44 bits per heavy atom. The molecule has 1 aliphatic heterocycles. The number of alkyl halides is 1. The van der Waals surface area contributed by atoms with Crippen LogP contribution in [0.4, 0.5) is 0 Å². The van der Waals surface area contributed by atoms with Crippen molar-refractivity contribution in [3.05, 3.63) is 0 Å². The van der Waals surface area contributed by atoms with E-state index in [2.05, 4.69) is 25.7 Å². The second kappa shape index (κ2) is 2.47. The van der Waals surface area contributed by atoms with Gasteiger partial charge in [0, 0.05) is 12.1 Å². The van der Waals surface area contributed by atoms with E-state index in [1.165, 1.54) is 0 Å². The minimum absolute atomic E-state index is 0.273. The van der Waals surface area contributed by atoms with Gasteiger partial charge in [0.2, 0.25) is 0 Å². The fraction of sp³-hybridized carbons (Fsp3) is 1.00. The van der Waals surface area contributed by atoms with Crippen molar-refractivity contribution in [1.82, 2.24) is 4.90 Å². The topological polar surface area (TPSA) is 3.01 Å². The maximum absolute atomic E-state index is 5.98. The molecular weight excluding hydrogens is 134 g/mol. The van der Waals surface area contributed by atoms with E-state index in [9.17, 15) is 0 Å². The monoisotopic (exact) mass is 147 g/mol. The summed E-state index contributed by atoms with van der Waals surface area (Å²) < 4.78 is 0. The molecule has 0 radical (unpaired) electrons. The van der Waals surface area contributed by atoms with Crippen molar-refractivity contribution >= 4 is 11.6 Å². The Morgan fingerprint density at radius 2 is 1.89 bits per heavy atom. The highest BCUT2D eigenvalue weighted by Gasteiger charge is 2.43. The van der Waals surface area contributed by atoms with Crippen LogP contribution in [-0.2, 0) is 0 Å². The quantitative estimate of drug-likeness (QED) is 0.328. The Hall–Kier alpha value is 0.250. The lowest BCUT2D eigenvalue weighted by molar-refractivity contribution is 0.444. The van der Waals surface area contributed by atoms with E-state index >= 15 is 0 Å². The van der Waals surface area contributed by atoms with Gasteiger partial charge < -0.3 is 0 Å². The van der Waals surface area contributed by atoms with Gasteiger partial charge in [-0.25, -0.2) is 0 Å². The van der Waals surface area contributed by atoms with E-state index in [1.54, 1.807) is 0 Å². The summed E-state index contributed by atoms with van der Waals surface area (Å²) in [5.74, 6) is 0. The summed E-state index contributed by atoms with van der Waals surface area (Å²) in [6.45, 7) is 6.56. The van der Waals surface area contributed by atoms with Gasteiger partial charge in [0.15, 0.2) is 0 Å². The first-order valence-electron chi connectivity index (χ1n) is 3.60. The third-order valence-electron chi connectivity index (χ3n) is 2.21. The summed E-state index contributed by atoms with van der Waals surface area (Å²) >= 11 is 5.98. The maximum Gasteiger partial charge on any atom is 0.0853 e. The predicted molar refractivity (Wildman–Crippen MR) is 40.7 cm³/mol. The fourth-order valence-electron chi connectivity index (χ4n) is 1.25. The lowest BCUT2D eigenvalue weighted by atomic mass is 10.4. The molecule has 3 unspecified atom stereocenters. The van der Waals surface area contributed by atoms with Crippen LogP contribution in [0.1, 0.15) is 27.2 Å². The van der Waals surface area contributed by atoms with Crippen LogP contribution in [-0.4, -0.2) is 22.5 Å². The number of halogens is 1. The fourth-order valence-corrected chi connectivity index (χ4v) is 1.61. The molecule has 0 aromatic carbocycles. The molecular formula is C7H14ClN. The third kappa shape index (κ3) is 1.22. The van der Waals surface area contributed by atoms with Crippen molar-refractivity contribution in [3.63, 3.8) is 0 Å². The van der Waals surface area contributed by atoms with Gasteiger partial charge in [0.05, 0.1) is 5.50 Å². The maximum atomic E-state index is 5.98. The van der Waals surface area contributed by atoms with Crippen LogP contribution in [0.25, 0.3) is 0 Å². The Morgan fingerprint density at radius 3 is 2.00 bits per heavy atom. The average molecular weight is 148 g/mol. The van der Waals surface area contributed by atoms with Crippen molar-refractivity contribution in [2.75, 3.05) is 0 Å². The highest BCUT2D eigenvalue weighted by molar-refractivity contribution is 6.20. The van der Waals surface area contributed by atoms with Crippen LogP contribution in [0.15, 0.2) is 0 Å². The first-order chi connectivity index (χ1) is 4.18. The van der Waals surface area contributed by atoms with Gasteiger partial charge in [-0.2, -0.15) is 0 Å². The molecule has 1 saturated heterocycles. The summed E-state index contributed by atoms with van der Waals surface area (Å²) in [6.07, 6.45) is 1.05. The molecule has 1 rings (SSSR count). The molecule has 0 spiro atoms. The number of nitrogens with zero attached hydrogens (tertiary/aromatic N) is 1. The van der Waals surface area contributed by atoms with Crippen molar-refractivity contribution in [2.24, 2.45) is 0 Å². The van der Waals surface area contributed by atoms with Gasteiger partial charge >= 0.3 is 0 Å². The van der Waals surface area contributed by atoms with E-state index < -0.39 is 0 Å². The van der Waals surface area contributed by atoms with E-state index in [-0.39, 0.29) is 5.50 Å². The Kier molecular flexibility index (Phi) is 2.02. The van der Waals surface area contributed by atoms with Crippen LogP contribution >= 0.6 is 11.6 Å². The highest BCUT2D eigenvalue weighted by atomic mass is 35.5. The molecule has 0 bridgehead atoms. The van der Waals surface area contributed by atoms with Gasteiger partial charge in [-0.05, 0) is 20.3 Å². The molecule has 54 valence electrons. The first-order valence-corrected chi connectivity index (χ1v) is 4.03. The zero-order valence-corrected chi connectivity index (χ0v) is 7.02. The molecule has 0 aromatic heterocycles. The summed E-state index contributed by atoms with van der Waals surface area (Å²) in [5, 5.41) is 0. The molecule has 0 aliphatic carbocycles. The SMILES string of the molecule is CCC(Cl)N1C(C)C1C. The zero-order valence-electron chi connectivity index (χ0n) is 6.26. The lowest BCUT2D eigenvalue weighted by Gasteiger charge is -2.06. The van der Waals surface area contributed by atoms with Crippen LogP contribution in [0.3, 0.4) is 0 Å². The highest BCUT2D eigenvalue weighted by Crippen LogP contribution is 2.32. The summed E-state index contributed by atoms with van der Waals surface area (Å²) in [7, 11) is 0. The number of rotatable bonds is 2. The van der Waals surface area contributed by atoms with E-state index in [1.807, 2.05) is 0 Å². The second-order valence-electron chi connectivity index (χ2n) is 2.77. The lowest BCUT2D eigenvalue weighted by Crippen LogP contribution is -2.12. The molecule has 1 fully saturated rings. The van der Waals surface area contributed by atoms with Gasteiger partial charge in [-0.3, -0.25) is 4.90 Å². The molecule has 0 aromatic rings. The van der Waals surface area contributed by atoms with E-state index in [4.69, 9.17) is 11.6 Å². The van der Waals surface area contributed by atoms with Crippen molar-refractivity contribution < 1.29 is 0 Å². The van der Waals surface area contributed by atoms with Crippen LogP contribution in [0, 0.1) is 0 Å². The van der Waals surface area contributed by atoms with Crippen molar-refractivity contribution in [1.29, 1.82) is 0 Å². The molecule has 1 heterocycles. The molecule has 1 aliphatic rings.